The maximum atomic E-state index is 13.3. The number of carbonyl (C=O) groups is 1. The SMILES string of the molecule is COc1ccc(N(CC(=O)NCc2ccc(Cl)cc2)S(=O)(=O)c2ccc(F)cc2)cc1. The standard InChI is InChI=1S/C22H20ClFN2O4S/c1-30-20-10-8-19(9-11-20)26(31(28,29)21-12-6-18(24)7-13-21)15-22(27)25-14-16-2-4-17(23)5-3-16/h2-13H,14-15H2,1H3,(H,25,27). The highest BCUT2D eigenvalue weighted by Gasteiger charge is 2.27. The molecule has 3 aromatic carbocycles. The smallest absolute Gasteiger partial charge is 0.264 e. The van der Waals surface area contributed by atoms with Crippen molar-refractivity contribution in [1.29, 1.82) is 0 Å². The Morgan fingerprint density at radius 1 is 1.00 bits per heavy atom. The van der Waals surface area contributed by atoms with E-state index in [1.807, 2.05) is 0 Å². The highest BCUT2D eigenvalue weighted by molar-refractivity contribution is 7.92. The second kappa shape index (κ2) is 9.80. The van der Waals surface area contributed by atoms with Crippen LogP contribution in [0, 0.1) is 5.82 Å². The summed E-state index contributed by atoms with van der Waals surface area (Å²) in [5, 5.41) is 3.28. The summed E-state index contributed by atoms with van der Waals surface area (Å²) in [7, 11) is -2.63. The Balaban J connectivity index is 1.85. The minimum absolute atomic E-state index is 0.129. The maximum Gasteiger partial charge on any atom is 0.264 e. The molecule has 1 amide bonds. The quantitative estimate of drug-likeness (QED) is 0.549. The van der Waals surface area contributed by atoms with E-state index in [-0.39, 0.29) is 17.1 Å². The monoisotopic (exact) mass is 462 g/mol. The summed E-state index contributed by atoms with van der Waals surface area (Å²) >= 11 is 5.86. The number of hydrogen-bond acceptors (Lipinski definition) is 4. The molecule has 0 atom stereocenters. The number of rotatable bonds is 8. The van der Waals surface area contributed by atoms with Crippen molar-refractivity contribution in [3.8, 4) is 5.75 Å². The van der Waals surface area contributed by atoms with Gasteiger partial charge in [0.1, 0.15) is 18.1 Å². The Hall–Kier alpha value is -3.10. The van der Waals surface area contributed by atoms with Gasteiger partial charge in [-0.2, -0.15) is 0 Å². The van der Waals surface area contributed by atoms with E-state index in [4.69, 9.17) is 16.3 Å². The number of amides is 1. The third-order valence-corrected chi connectivity index (χ3v) is 6.49. The summed E-state index contributed by atoms with van der Waals surface area (Å²) in [5.41, 5.74) is 1.09. The average molecular weight is 463 g/mol. The first-order valence-corrected chi connectivity index (χ1v) is 11.0. The van der Waals surface area contributed by atoms with E-state index in [1.54, 1.807) is 36.4 Å². The highest BCUT2D eigenvalue weighted by atomic mass is 35.5. The minimum Gasteiger partial charge on any atom is -0.497 e. The second-order valence-corrected chi connectivity index (χ2v) is 8.87. The lowest BCUT2D eigenvalue weighted by Crippen LogP contribution is -2.40. The van der Waals surface area contributed by atoms with Crippen LogP contribution in [-0.4, -0.2) is 28.0 Å². The van der Waals surface area contributed by atoms with Gasteiger partial charge in [-0.1, -0.05) is 23.7 Å². The van der Waals surface area contributed by atoms with Gasteiger partial charge in [0.25, 0.3) is 10.0 Å². The molecule has 0 aromatic heterocycles. The molecular formula is C22H20ClFN2O4S. The van der Waals surface area contributed by atoms with Crippen molar-refractivity contribution in [3.05, 3.63) is 89.2 Å². The molecule has 0 fully saturated rings. The Morgan fingerprint density at radius 2 is 1.61 bits per heavy atom. The number of methoxy groups -OCH3 is 1. The minimum atomic E-state index is -4.13. The summed E-state index contributed by atoms with van der Waals surface area (Å²) in [4.78, 5) is 12.5. The molecule has 9 heteroatoms. The van der Waals surface area contributed by atoms with Crippen LogP contribution in [-0.2, 0) is 21.4 Å². The fourth-order valence-corrected chi connectivity index (χ4v) is 4.33. The van der Waals surface area contributed by atoms with Crippen LogP contribution in [0.25, 0.3) is 0 Å². The van der Waals surface area contributed by atoms with Crippen molar-refractivity contribution in [1.82, 2.24) is 5.32 Å². The van der Waals surface area contributed by atoms with Crippen LogP contribution in [0.3, 0.4) is 0 Å². The zero-order chi connectivity index (χ0) is 22.4. The van der Waals surface area contributed by atoms with Crippen LogP contribution in [0.15, 0.2) is 77.7 Å². The molecule has 6 nitrogen and oxygen atoms in total. The molecule has 0 aliphatic carbocycles. The van der Waals surface area contributed by atoms with Gasteiger partial charge in [0.15, 0.2) is 0 Å². The van der Waals surface area contributed by atoms with Crippen molar-refractivity contribution in [2.45, 2.75) is 11.4 Å². The number of sulfonamides is 1. The fraction of sp³-hybridized carbons (Fsp3) is 0.136. The van der Waals surface area contributed by atoms with E-state index >= 15 is 0 Å². The van der Waals surface area contributed by atoms with E-state index in [0.29, 0.717) is 10.8 Å². The van der Waals surface area contributed by atoms with Gasteiger partial charge in [-0.15, -0.1) is 0 Å². The highest BCUT2D eigenvalue weighted by Crippen LogP contribution is 2.26. The normalized spacial score (nSPS) is 11.1. The predicted molar refractivity (Wildman–Crippen MR) is 117 cm³/mol. The van der Waals surface area contributed by atoms with Crippen LogP contribution in [0.2, 0.25) is 5.02 Å². The Bertz CT molecular complexity index is 1140. The number of ether oxygens (including phenoxy) is 1. The van der Waals surface area contributed by atoms with E-state index in [1.165, 1.54) is 19.2 Å². The number of carbonyl (C=O) groups excluding carboxylic acids is 1. The first kappa shape index (κ1) is 22.6. The van der Waals surface area contributed by atoms with E-state index in [9.17, 15) is 17.6 Å². The zero-order valence-electron chi connectivity index (χ0n) is 16.6. The first-order valence-electron chi connectivity index (χ1n) is 9.23. The van der Waals surface area contributed by atoms with Gasteiger partial charge in [-0.05, 0) is 66.2 Å². The van der Waals surface area contributed by atoms with Gasteiger partial charge >= 0.3 is 0 Å². The summed E-state index contributed by atoms with van der Waals surface area (Å²) in [6, 6.07) is 17.6. The van der Waals surface area contributed by atoms with Crippen LogP contribution in [0.4, 0.5) is 10.1 Å². The van der Waals surface area contributed by atoms with E-state index in [2.05, 4.69) is 5.32 Å². The molecule has 31 heavy (non-hydrogen) atoms. The van der Waals surface area contributed by atoms with Gasteiger partial charge < -0.3 is 10.1 Å². The van der Waals surface area contributed by atoms with Gasteiger partial charge in [0.05, 0.1) is 17.7 Å². The van der Waals surface area contributed by atoms with Gasteiger partial charge in [-0.25, -0.2) is 12.8 Å². The van der Waals surface area contributed by atoms with Gasteiger partial charge in [0.2, 0.25) is 5.91 Å². The number of nitrogens with zero attached hydrogens (tertiary/aromatic N) is 1. The number of anilines is 1. The molecule has 0 aliphatic rings. The average Bonchev–Trinajstić information content (AvgIpc) is 2.77. The summed E-state index contributed by atoms with van der Waals surface area (Å²) in [5.74, 6) is -0.526. The number of benzene rings is 3. The topological polar surface area (TPSA) is 75.7 Å². The lowest BCUT2D eigenvalue weighted by atomic mass is 10.2. The molecule has 0 spiro atoms. The van der Waals surface area contributed by atoms with Crippen LogP contribution < -0.4 is 14.4 Å². The molecule has 3 aromatic rings. The van der Waals surface area contributed by atoms with Crippen molar-refractivity contribution in [2.75, 3.05) is 18.0 Å². The molecule has 0 saturated heterocycles. The van der Waals surface area contributed by atoms with Crippen LogP contribution in [0.1, 0.15) is 5.56 Å². The fourth-order valence-electron chi connectivity index (χ4n) is 2.79. The first-order chi connectivity index (χ1) is 14.8. The molecule has 0 unspecified atom stereocenters. The van der Waals surface area contributed by atoms with Crippen LogP contribution >= 0.6 is 11.6 Å². The third kappa shape index (κ3) is 5.74. The van der Waals surface area contributed by atoms with E-state index < -0.39 is 28.3 Å². The number of halogens is 2. The Labute approximate surface area is 185 Å². The molecular weight excluding hydrogens is 443 g/mol. The zero-order valence-corrected chi connectivity index (χ0v) is 18.2. The lowest BCUT2D eigenvalue weighted by molar-refractivity contribution is -0.119. The van der Waals surface area contributed by atoms with Crippen molar-refractivity contribution in [2.24, 2.45) is 0 Å². The molecule has 0 saturated carbocycles. The molecule has 0 bridgehead atoms. The molecule has 0 aliphatic heterocycles. The van der Waals surface area contributed by atoms with Crippen LogP contribution in [0.5, 0.6) is 5.75 Å². The molecule has 162 valence electrons. The Kier molecular flexibility index (Phi) is 7.14. The third-order valence-electron chi connectivity index (χ3n) is 4.45. The van der Waals surface area contributed by atoms with Crippen molar-refractivity contribution < 1.29 is 22.3 Å². The molecule has 3 rings (SSSR count). The molecule has 0 heterocycles. The van der Waals surface area contributed by atoms with Crippen molar-refractivity contribution in [3.63, 3.8) is 0 Å². The van der Waals surface area contributed by atoms with Gasteiger partial charge in [0, 0.05) is 11.6 Å². The Morgan fingerprint density at radius 3 is 2.19 bits per heavy atom. The largest absolute Gasteiger partial charge is 0.497 e. The number of hydrogen-bond donors (Lipinski definition) is 1. The summed E-state index contributed by atoms with van der Waals surface area (Å²) in [6.45, 7) is -0.247. The van der Waals surface area contributed by atoms with Crippen molar-refractivity contribution >= 4 is 33.2 Å². The predicted octanol–water partition coefficient (Wildman–Crippen LogP) is 4.00. The summed E-state index contributed by atoms with van der Waals surface area (Å²) in [6.07, 6.45) is 0. The second-order valence-electron chi connectivity index (χ2n) is 6.57. The lowest BCUT2D eigenvalue weighted by Gasteiger charge is -2.24. The molecule has 0 radical (unpaired) electrons. The summed E-state index contributed by atoms with van der Waals surface area (Å²) < 4.78 is 45.8. The number of nitrogens with one attached hydrogen (secondary N) is 1. The van der Waals surface area contributed by atoms with Gasteiger partial charge in [-0.3, -0.25) is 9.10 Å². The molecule has 1 N–H and O–H groups in total. The maximum absolute atomic E-state index is 13.3. The van der Waals surface area contributed by atoms with E-state index in [0.717, 1.165) is 34.1 Å².